The van der Waals surface area contributed by atoms with Crippen molar-refractivity contribution in [2.75, 3.05) is 20.2 Å². The van der Waals surface area contributed by atoms with Crippen molar-refractivity contribution in [1.82, 2.24) is 10.2 Å². The number of ether oxygens (including phenoxy) is 1. The number of amides is 2. The number of phenolic OH excluding ortho intramolecular Hbond substituents is 1. The van der Waals surface area contributed by atoms with Crippen LogP contribution in [0.5, 0.6) is 11.5 Å². The third-order valence-electron chi connectivity index (χ3n) is 4.74. The third kappa shape index (κ3) is 6.57. The molecule has 1 saturated heterocycles. The summed E-state index contributed by atoms with van der Waals surface area (Å²) in [6.45, 7) is 0.936. The predicted octanol–water partition coefficient (Wildman–Crippen LogP) is 3.74. The maximum atomic E-state index is 12.7. The summed E-state index contributed by atoms with van der Waals surface area (Å²) < 4.78 is 5.66. The van der Waals surface area contributed by atoms with E-state index in [1.54, 1.807) is 24.1 Å². The Bertz CT molecular complexity index is 972. The number of aromatic hydroxyl groups is 1. The van der Waals surface area contributed by atoms with Crippen molar-refractivity contribution < 1.29 is 19.4 Å². The molecule has 1 fully saturated rings. The van der Waals surface area contributed by atoms with E-state index < -0.39 is 0 Å². The molecule has 31 heavy (non-hydrogen) atoms. The molecule has 0 saturated carbocycles. The minimum atomic E-state index is -0.126. The van der Waals surface area contributed by atoms with E-state index in [2.05, 4.69) is 5.32 Å². The molecule has 1 aliphatic heterocycles. The van der Waals surface area contributed by atoms with Crippen LogP contribution in [-0.2, 0) is 16.0 Å². The minimum Gasteiger partial charge on any atom is -0.508 e. The van der Waals surface area contributed by atoms with Crippen LogP contribution in [0.25, 0.3) is 6.08 Å². The molecule has 8 heteroatoms. The van der Waals surface area contributed by atoms with Gasteiger partial charge in [-0.1, -0.05) is 48.2 Å². The largest absolute Gasteiger partial charge is 0.508 e. The maximum absolute atomic E-state index is 12.7. The van der Waals surface area contributed by atoms with E-state index in [9.17, 15) is 14.7 Å². The standard InChI is InChI=1S/C23H24N2O4S2/c1-29-19-10-6-17(7-11-19)15-20-22(28)25(23(30)31-20)14-2-3-21(27)24-13-12-16-4-8-18(26)9-5-16/h4-11,15,26H,2-3,12-14H2,1H3,(H,24,27). The number of carbonyl (C=O) groups is 2. The number of hydrogen-bond acceptors (Lipinski definition) is 6. The summed E-state index contributed by atoms with van der Waals surface area (Å²) in [5, 5.41) is 12.2. The Morgan fingerprint density at radius 2 is 1.90 bits per heavy atom. The molecule has 1 heterocycles. The highest BCUT2D eigenvalue weighted by Gasteiger charge is 2.31. The Morgan fingerprint density at radius 1 is 1.19 bits per heavy atom. The molecule has 0 atom stereocenters. The van der Waals surface area contributed by atoms with Gasteiger partial charge in [-0.15, -0.1) is 0 Å². The van der Waals surface area contributed by atoms with Gasteiger partial charge in [-0.25, -0.2) is 0 Å². The van der Waals surface area contributed by atoms with Gasteiger partial charge >= 0.3 is 0 Å². The number of phenols is 1. The van der Waals surface area contributed by atoms with Gasteiger partial charge in [-0.3, -0.25) is 14.5 Å². The average molecular weight is 457 g/mol. The molecule has 0 aromatic heterocycles. The fourth-order valence-electron chi connectivity index (χ4n) is 3.04. The Kier molecular flexibility index (Phi) is 8.08. The quantitative estimate of drug-likeness (QED) is 0.442. The second-order valence-electron chi connectivity index (χ2n) is 6.98. The Labute approximate surface area is 191 Å². The third-order valence-corrected chi connectivity index (χ3v) is 6.12. The van der Waals surface area contributed by atoms with Crippen LogP contribution in [0, 0.1) is 0 Å². The Balaban J connectivity index is 1.42. The van der Waals surface area contributed by atoms with Gasteiger partial charge in [0.25, 0.3) is 5.91 Å². The number of carbonyl (C=O) groups excluding carboxylic acids is 2. The molecule has 2 amide bonds. The molecule has 2 N–H and O–H groups in total. The van der Waals surface area contributed by atoms with Crippen LogP contribution < -0.4 is 10.1 Å². The zero-order chi connectivity index (χ0) is 22.2. The van der Waals surface area contributed by atoms with E-state index >= 15 is 0 Å². The number of thiocarbonyl (C=S) groups is 1. The van der Waals surface area contributed by atoms with Crippen LogP contribution in [0.1, 0.15) is 24.0 Å². The topological polar surface area (TPSA) is 78.9 Å². The lowest BCUT2D eigenvalue weighted by Crippen LogP contribution is -2.31. The minimum absolute atomic E-state index is 0.0574. The zero-order valence-electron chi connectivity index (χ0n) is 17.2. The fraction of sp³-hybridized carbons (Fsp3) is 0.261. The number of hydrogen-bond donors (Lipinski definition) is 2. The van der Waals surface area contributed by atoms with Gasteiger partial charge in [0.2, 0.25) is 5.91 Å². The fourth-order valence-corrected chi connectivity index (χ4v) is 4.35. The van der Waals surface area contributed by atoms with E-state index in [0.717, 1.165) is 16.9 Å². The van der Waals surface area contributed by atoms with Gasteiger partial charge in [-0.2, -0.15) is 0 Å². The van der Waals surface area contributed by atoms with Crippen molar-refractivity contribution >= 4 is 46.2 Å². The van der Waals surface area contributed by atoms with Crippen LogP contribution in [0.3, 0.4) is 0 Å². The maximum Gasteiger partial charge on any atom is 0.266 e. The van der Waals surface area contributed by atoms with Gasteiger partial charge < -0.3 is 15.2 Å². The second-order valence-corrected chi connectivity index (χ2v) is 8.65. The summed E-state index contributed by atoms with van der Waals surface area (Å²) in [6.07, 6.45) is 3.36. The highest BCUT2D eigenvalue weighted by Crippen LogP contribution is 2.32. The van der Waals surface area contributed by atoms with Crippen LogP contribution >= 0.6 is 24.0 Å². The smallest absolute Gasteiger partial charge is 0.266 e. The van der Waals surface area contributed by atoms with Gasteiger partial charge in [-0.05, 0) is 54.3 Å². The van der Waals surface area contributed by atoms with Gasteiger partial charge in [0, 0.05) is 19.5 Å². The molecule has 0 unspecified atom stereocenters. The molecular weight excluding hydrogens is 432 g/mol. The monoisotopic (exact) mass is 456 g/mol. The number of nitrogens with zero attached hydrogens (tertiary/aromatic N) is 1. The molecule has 162 valence electrons. The zero-order valence-corrected chi connectivity index (χ0v) is 18.8. The Hall–Kier alpha value is -2.84. The van der Waals surface area contributed by atoms with Crippen molar-refractivity contribution in [2.24, 2.45) is 0 Å². The number of benzene rings is 2. The van der Waals surface area contributed by atoms with E-state index in [-0.39, 0.29) is 17.6 Å². The summed E-state index contributed by atoms with van der Waals surface area (Å²) >= 11 is 6.63. The summed E-state index contributed by atoms with van der Waals surface area (Å²) in [5.41, 5.74) is 1.94. The van der Waals surface area contributed by atoms with E-state index in [1.807, 2.05) is 42.5 Å². The van der Waals surface area contributed by atoms with Gasteiger partial charge in [0.05, 0.1) is 12.0 Å². The summed E-state index contributed by atoms with van der Waals surface area (Å²) in [5.74, 6) is 0.796. The van der Waals surface area contributed by atoms with Crippen LogP contribution in [0.2, 0.25) is 0 Å². The molecule has 0 spiro atoms. The van der Waals surface area contributed by atoms with E-state index in [4.69, 9.17) is 17.0 Å². The van der Waals surface area contributed by atoms with Gasteiger partial charge in [0.1, 0.15) is 15.8 Å². The first kappa shape index (κ1) is 22.8. The van der Waals surface area contributed by atoms with Gasteiger partial charge in [0.15, 0.2) is 0 Å². The highest BCUT2D eigenvalue weighted by molar-refractivity contribution is 8.26. The van der Waals surface area contributed by atoms with Crippen molar-refractivity contribution in [3.05, 3.63) is 64.6 Å². The molecule has 6 nitrogen and oxygen atoms in total. The molecule has 2 aromatic rings. The Morgan fingerprint density at radius 3 is 2.58 bits per heavy atom. The van der Waals surface area contributed by atoms with Crippen LogP contribution in [-0.4, -0.2) is 46.3 Å². The number of nitrogens with one attached hydrogen (secondary N) is 1. The first-order valence-electron chi connectivity index (χ1n) is 9.90. The lowest BCUT2D eigenvalue weighted by atomic mass is 10.1. The first-order valence-corrected chi connectivity index (χ1v) is 11.1. The molecule has 3 rings (SSSR count). The van der Waals surface area contributed by atoms with Crippen LogP contribution in [0.15, 0.2) is 53.4 Å². The molecule has 0 bridgehead atoms. The first-order chi connectivity index (χ1) is 15.0. The van der Waals surface area contributed by atoms with Crippen molar-refractivity contribution in [2.45, 2.75) is 19.3 Å². The molecule has 1 aliphatic rings. The lowest BCUT2D eigenvalue weighted by molar-refractivity contribution is -0.123. The molecular formula is C23H24N2O4S2. The summed E-state index contributed by atoms with van der Waals surface area (Å²) in [6, 6.07) is 14.4. The summed E-state index contributed by atoms with van der Waals surface area (Å²) in [7, 11) is 1.61. The molecule has 0 radical (unpaired) electrons. The number of rotatable bonds is 9. The summed E-state index contributed by atoms with van der Waals surface area (Å²) in [4.78, 5) is 26.9. The highest BCUT2D eigenvalue weighted by atomic mass is 32.2. The lowest BCUT2D eigenvalue weighted by Gasteiger charge is -2.14. The van der Waals surface area contributed by atoms with Crippen LogP contribution in [0.4, 0.5) is 0 Å². The molecule has 2 aromatic carbocycles. The SMILES string of the molecule is COc1ccc(C=C2SC(=S)N(CCCC(=O)NCCc3ccc(O)cc3)C2=O)cc1. The van der Waals surface area contributed by atoms with E-state index in [1.165, 1.54) is 11.8 Å². The van der Waals surface area contributed by atoms with E-state index in [0.29, 0.717) is 41.6 Å². The number of thioether (sulfide) groups is 1. The van der Waals surface area contributed by atoms with Crippen molar-refractivity contribution in [3.8, 4) is 11.5 Å². The number of methoxy groups -OCH3 is 1. The molecule has 0 aliphatic carbocycles. The van der Waals surface area contributed by atoms with Crippen molar-refractivity contribution in [1.29, 1.82) is 0 Å². The second kappa shape index (κ2) is 11.0. The predicted molar refractivity (Wildman–Crippen MR) is 127 cm³/mol. The normalized spacial score (nSPS) is 14.9. The average Bonchev–Trinajstić information content (AvgIpc) is 3.03. The van der Waals surface area contributed by atoms with Crippen molar-refractivity contribution in [3.63, 3.8) is 0 Å².